The van der Waals surface area contributed by atoms with Crippen LogP contribution in [0.4, 0.5) is 0 Å². The van der Waals surface area contributed by atoms with Crippen LogP contribution in [0.3, 0.4) is 0 Å². The van der Waals surface area contributed by atoms with Crippen LogP contribution in [-0.2, 0) is 0 Å². The van der Waals surface area contributed by atoms with Crippen LogP contribution in [0.1, 0.15) is 92.9 Å². The zero-order valence-corrected chi connectivity index (χ0v) is 16.9. The van der Waals surface area contributed by atoms with Gasteiger partial charge in [0.1, 0.15) is 0 Å². The molecule has 0 aliphatic carbocycles. The summed E-state index contributed by atoms with van der Waals surface area (Å²) in [6.45, 7) is 22.0. The minimum atomic E-state index is 0.482. The molecule has 0 fully saturated rings. The van der Waals surface area contributed by atoms with E-state index >= 15 is 0 Å². The van der Waals surface area contributed by atoms with Gasteiger partial charge in [0.25, 0.3) is 0 Å². The molecule has 0 saturated heterocycles. The molecular weight excluding hydrogens is 276 g/mol. The predicted octanol–water partition coefficient (Wildman–Crippen LogP) is 8.11. The van der Waals surface area contributed by atoms with Crippen molar-refractivity contribution in [2.24, 2.45) is 17.3 Å². The van der Waals surface area contributed by atoms with Gasteiger partial charge in [-0.15, -0.1) is 13.2 Å². The Bertz CT molecular complexity index is 369. The van der Waals surface area contributed by atoms with Crippen molar-refractivity contribution in [1.82, 2.24) is 0 Å². The van der Waals surface area contributed by atoms with Crippen LogP contribution in [-0.4, -0.2) is 0 Å². The average Bonchev–Trinajstić information content (AvgIpc) is 2.46. The summed E-state index contributed by atoms with van der Waals surface area (Å²) >= 11 is 0. The molecule has 0 aromatic carbocycles. The molecule has 0 rings (SSSR count). The van der Waals surface area contributed by atoms with E-state index in [-0.39, 0.29) is 0 Å². The van der Waals surface area contributed by atoms with E-state index in [0.29, 0.717) is 17.3 Å². The highest BCUT2D eigenvalue weighted by atomic mass is 14.3. The largest absolute Gasteiger partial charge is 0.102 e. The van der Waals surface area contributed by atoms with E-state index in [2.05, 4.69) is 66.9 Å². The van der Waals surface area contributed by atoms with Gasteiger partial charge in [-0.25, -0.2) is 0 Å². The van der Waals surface area contributed by atoms with Gasteiger partial charge in [0.2, 0.25) is 0 Å². The summed E-state index contributed by atoms with van der Waals surface area (Å²) < 4.78 is 0. The standard InChI is InChI=1S/C23H42/c1-9-16-23(7,8)17-15-21(6)22(10-2)18-20(5)14-12-11-13-19(3)4/h10,18,21-22H,2-3,9,11-17H2,1,4-8H3. The fraction of sp³-hybridized carbons (Fsp3) is 0.739. The molecule has 0 aromatic rings. The maximum Gasteiger partial charge on any atom is -0.00279 e. The third kappa shape index (κ3) is 11.4. The molecule has 134 valence electrons. The van der Waals surface area contributed by atoms with Crippen molar-refractivity contribution in [3.05, 3.63) is 36.5 Å². The molecule has 0 nitrogen and oxygen atoms in total. The SMILES string of the molecule is C=CC(C=C(C)CCCCC(=C)C)C(C)CCC(C)(C)CCC. The molecular formula is C23H42. The molecule has 0 radical (unpaired) electrons. The van der Waals surface area contributed by atoms with Crippen molar-refractivity contribution < 1.29 is 0 Å². The fourth-order valence-electron chi connectivity index (χ4n) is 3.32. The summed E-state index contributed by atoms with van der Waals surface area (Å²) in [5.74, 6) is 1.21. The molecule has 0 heteroatoms. The molecule has 0 saturated carbocycles. The monoisotopic (exact) mass is 318 g/mol. The molecule has 0 N–H and O–H groups in total. The highest BCUT2D eigenvalue weighted by Crippen LogP contribution is 2.32. The summed E-state index contributed by atoms with van der Waals surface area (Å²) in [7, 11) is 0. The first kappa shape index (κ1) is 22.2. The van der Waals surface area contributed by atoms with Crippen LogP contribution in [0.25, 0.3) is 0 Å². The second kappa shape index (κ2) is 11.7. The first-order valence-electron chi connectivity index (χ1n) is 9.66. The third-order valence-electron chi connectivity index (χ3n) is 5.03. The lowest BCUT2D eigenvalue weighted by molar-refractivity contribution is 0.265. The van der Waals surface area contributed by atoms with E-state index in [9.17, 15) is 0 Å². The molecule has 0 aliphatic rings. The molecule has 0 spiro atoms. The smallest absolute Gasteiger partial charge is 0.00279 e. The lowest BCUT2D eigenvalue weighted by atomic mass is 9.78. The van der Waals surface area contributed by atoms with E-state index in [0.717, 1.165) is 0 Å². The third-order valence-corrected chi connectivity index (χ3v) is 5.03. The van der Waals surface area contributed by atoms with E-state index < -0.39 is 0 Å². The van der Waals surface area contributed by atoms with Crippen LogP contribution in [0.5, 0.6) is 0 Å². The van der Waals surface area contributed by atoms with Gasteiger partial charge in [-0.05, 0) is 76.0 Å². The summed E-state index contributed by atoms with van der Waals surface area (Å²) in [4.78, 5) is 0. The Hall–Kier alpha value is -0.780. The van der Waals surface area contributed by atoms with E-state index in [1.165, 1.54) is 62.5 Å². The molecule has 0 heterocycles. The van der Waals surface area contributed by atoms with Crippen molar-refractivity contribution in [1.29, 1.82) is 0 Å². The molecule has 0 aliphatic heterocycles. The van der Waals surface area contributed by atoms with Crippen LogP contribution in [0, 0.1) is 17.3 Å². The summed E-state index contributed by atoms with van der Waals surface area (Å²) in [6.07, 6.45) is 14.8. The topological polar surface area (TPSA) is 0 Å². The van der Waals surface area contributed by atoms with Gasteiger partial charge in [0, 0.05) is 0 Å². The summed E-state index contributed by atoms with van der Waals surface area (Å²) in [6, 6.07) is 0. The fourth-order valence-corrected chi connectivity index (χ4v) is 3.32. The summed E-state index contributed by atoms with van der Waals surface area (Å²) in [5, 5.41) is 0. The maximum absolute atomic E-state index is 4.08. The number of rotatable bonds is 13. The minimum Gasteiger partial charge on any atom is -0.102 e. The Balaban J connectivity index is 4.36. The first-order chi connectivity index (χ1) is 10.7. The van der Waals surface area contributed by atoms with E-state index in [1.54, 1.807) is 0 Å². The number of allylic oxidation sites excluding steroid dienone is 4. The molecule has 0 amide bonds. The highest BCUT2D eigenvalue weighted by Gasteiger charge is 2.20. The maximum atomic E-state index is 4.08. The molecule has 0 aromatic heterocycles. The van der Waals surface area contributed by atoms with Crippen LogP contribution in [0.2, 0.25) is 0 Å². The Morgan fingerprint density at radius 1 is 1.09 bits per heavy atom. The quantitative estimate of drug-likeness (QED) is 0.237. The van der Waals surface area contributed by atoms with Crippen molar-refractivity contribution in [2.75, 3.05) is 0 Å². The lowest BCUT2D eigenvalue weighted by Gasteiger charge is -2.27. The van der Waals surface area contributed by atoms with Crippen molar-refractivity contribution in [2.45, 2.75) is 92.9 Å². The van der Waals surface area contributed by atoms with Crippen molar-refractivity contribution >= 4 is 0 Å². The molecule has 2 atom stereocenters. The zero-order chi connectivity index (χ0) is 17.9. The van der Waals surface area contributed by atoms with Crippen molar-refractivity contribution in [3.63, 3.8) is 0 Å². The van der Waals surface area contributed by atoms with Gasteiger partial charge in [-0.1, -0.05) is 57.4 Å². The van der Waals surface area contributed by atoms with Gasteiger partial charge < -0.3 is 0 Å². The van der Waals surface area contributed by atoms with Gasteiger partial charge >= 0.3 is 0 Å². The number of hydrogen-bond acceptors (Lipinski definition) is 0. The number of unbranched alkanes of at least 4 members (excludes halogenated alkanes) is 1. The molecule has 2 unspecified atom stereocenters. The van der Waals surface area contributed by atoms with E-state index in [4.69, 9.17) is 0 Å². The minimum absolute atomic E-state index is 0.482. The highest BCUT2D eigenvalue weighted by molar-refractivity contribution is 5.07. The normalized spacial score (nSPS) is 15.3. The molecule has 0 bridgehead atoms. The van der Waals surface area contributed by atoms with Gasteiger partial charge in [0.05, 0.1) is 0 Å². The van der Waals surface area contributed by atoms with E-state index in [1.807, 2.05) is 0 Å². The lowest BCUT2D eigenvalue weighted by Crippen LogP contribution is -2.15. The van der Waals surface area contributed by atoms with Gasteiger partial charge in [-0.3, -0.25) is 0 Å². The van der Waals surface area contributed by atoms with Crippen molar-refractivity contribution in [3.8, 4) is 0 Å². The Morgan fingerprint density at radius 2 is 1.70 bits per heavy atom. The Morgan fingerprint density at radius 3 is 2.22 bits per heavy atom. The average molecular weight is 319 g/mol. The molecule has 23 heavy (non-hydrogen) atoms. The Labute approximate surface area is 147 Å². The second-order valence-electron chi connectivity index (χ2n) is 8.42. The van der Waals surface area contributed by atoms with Gasteiger partial charge in [0.15, 0.2) is 0 Å². The summed E-state index contributed by atoms with van der Waals surface area (Å²) in [5.41, 5.74) is 3.31. The van der Waals surface area contributed by atoms with Crippen LogP contribution < -0.4 is 0 Å². The predicted molar refractivity (Wildman–Crippen MR) is 108 cm³/mol. The van der Waals surface area contributed by atoms with Crippen LogP contribution >= 0.6 is 0 Å². The zero-order valence-electron chi connectivity index (χ0n) is 16.9. The first-order valence-corrected chi connectivity index (χ1v) is 9.66. The van der Waals surface area contributed by atoms with Crippen LogP contribution in [0.15, 0.2) is 36.5 Å². The second-order valence-corrected chi connectivity index (χ2v) is 8.42. The number of hydrogen-bond donors (Lipinski definition) is 0. The van der Waals surface area contributed by atoms with Gasteiger partial charge in [-0.2, -0.15) is 0 Å². The Kier molecular flexibility index (Phi) is 11.3.